The molecule has 2 aromatic rings. The van der Waals surface area contributed by atoms with Gasteiger partial charge in [0, 0.05) is 30.2 Å². The number of guanidine groups is 1. The molecular weight excluding hydrogens is 407 g/mol. The summed E-state index contributed by atoms with van der Waals surface area (Å²) in [5, 5.41) is 7.58. The summed E-state index contributed by atoms with van der Waals surface area (Å²) >= 11 is 12.1. The van der Waals surface area contributed by atoms with Gasteiger partial charge < -0.3 is 10.6 Å². The Kier molecular flexibility index (Phi) is 7.91. The fraction of sp³-hybridized carbons (Fsp3) is 0.278. The van der Waals surface area contributed by atoms with E-state index >= 15 is 0 Å². The van der Waals surface area contributed by atoms with Crippen molar-refractivity contribution in [3.05, 3.63) is 69.2 Å². The Bertz CT molecular complexity index is 900. The van der Waals surface area contributed by atoms with Gasteiger partial charge in [0.15, 0.2) is 5.96 Å². The Balaban J connectivity index is 1.88. The lowest BCUT2D eigenvalue weighted by atomic mass is 10.1. The van der Waals surface area contributed by atoms with Crippen LogP contribution in [-0.2, 0) is 28.9 Å². The molecule has 9 heteroatoms. The van der Waals surface area contributed by atoms with Crippen LogP contribution < -0.4 is 15.4 Å². The minimum Gasteiger partial charge on any atom is -0.352 e. The second-order valence-electron chi connectivity index (χ2n) is 5.79. The summed E-state index contributed by atoms with van der Waals surface area (Å²) in [5.74, 6) is 0.588. The number of hydrogen-bond donors (Lipinski definition) is 3. The molecule has 0 heterocycles. The van der Waals surface area contributed by atoms with Crippen molar-refractivity contribution in [2.75, 3.05) is 14.1 Å². The lowest BCUT2D eigenvalue weighted by Gasteiger charge is -2.13. The van der Waals surface area contributed by atoms with Crippen LogP contribution in [0.15, 0.2) is 47.5 Å². The summed E-state index contributed by atoms with van der Waals surface area (Å²) in [6.07, 6.45) is 0. The molecule has 0 saturated heterocycles. The average Bonchev–Trinajstić information content (AvgIpc) is 2.64. The van der Waals surface area contributed by atoms with Crippen LogP contribution in [-0.4, -0.2) is 28.5 Å². The molecular formula is C18H22Cl2N4O2S. The molecule has 2 rings (SSSR count). The topological polar surface area (TPSA) is 82.6 Å². The highest BCUT2D eigenvalue weighted by atomic mass is 35.5. The van der Waals surface area contributed by atoms with Crippen molar-refractivity contribution in [2.24, 2.45) is 4.99 Å². The fourth-order valence-electron chi connectivity index (χ4n) is 2.30. The molecule has 0 amide bonds. The maximum atomic E-state index is 11.6. The average molecular weight is 429 g/mol. The predicted octanol–water partition coefficient (Wildman–Crippen LogP) is 2.91. The highest BCUT2D eigenvalue weighted by Gasteiger charge is 2.08. The molecule has 6 nitrogen and oxygen atoms in total. The number of halogens is 2. The minimum atomic E-state index is -3.27. The minimum absolute atomic E-state index is 0.0394. The van der Waals surface area contributed by atoms with Crippen LogP contribution in [0.4, 0.5) is 0 Å². The van der Waals surface area contributed by atoms with Gasteiger partial charge in [0.1, 0.15) is 0 Å². The molecule has 0 atom stereocenters. The van der Waals surface area contributed by atoms with Crippen molar-refractivity contribution >= 4 is 39.2 Å². The molecule has 0 aromatic heterocycles. The second-order valence-corrected chi connectivity index (χ2v) is 8.56. The molecule has 0 unspecified atom stereocenters. The number of rotatable bonds is 7. The number of hydrogen-bond acceptors (Lipinski definition) is 3. The molecule has 0 fully saturated rings. The van der Waals surface area contributed by atoms with E-state index in [9.17, 15) is 8.42 Å². The highest BCUT2D eigenvalue weighted by molar-refractivity contribution is 7.88. The fourth-order valence-corrected chi connectivity index (χ4v) is 3.55. The van der Waals surface area contributed by atoms with Gasteiger partial charge >= 0.3 is 0 Å². The van der Waals surface area contributed by atoms with E-state index in [1.807, 2.05) is 18.2 Å². The van der Waals surface area contributed by atoms with Gasteiger partial charge in [0.2, 0.25) is 10.0 Å². The number of sulfonamides is 1. The van der Waals surface area contributed by atoms with Crippen molar-refractivity contribution in [3.63, 3.8) is 0 Å². The van der Waals surface area contributed by atoms with Crippen LogP contribution >= 0.6 is 23.2 Å². The first kappa shape index (κ1) is 21.5. The third-order valence-corrected chi connectivity index (χ3v) is 5.76. The van der Waals surface area contributed by atoms with E-state index in [2.05, 4.69) is 20.3 Å². The Hall–Kier alpha value is -1.80. The van der Waals surface area contributed by atoms with Crippen molar-refractivity contribution in [3.8, 4) is 0 Å². The first-order valence-electron chi connectivity index (χ1n) is 8.20. The number of benzene rings is 2. The number of nitrogens with one attached hydrogen (secondary N) is 3. The summed E-state index contributed by atoms with van der Waals surface area (Å²) in [4.78, 5) is 4.18. The van der Waals surface area contributed by atoms with Crippen LogP contribution in [0.2, 0.25) is 10.0 Å². The van der Waals surface area contributed by atoms with Crippen molar-refractivity contribution in [1.29, 1.82) is 0 Å². The SMILES string of the molecule is CN=C(NCc1ccc(CS(=O)(=O)NC)cc1)NCc1ccc(Cl)cc1Cl. The van der Waals surface area contributed by atoms with E-state index in [4.69, 9.17) is 23.2 Å². The summed E-state index contributed by atoms with van der Waals surface area (Å²) < 4.78 is 25.5. The van der Waals surface area contributed by atoms with Crippen LogP contribution in [0.5, 0.6) is 0 Å². The van der Waals surface area contributed by atoms with Crippen LogP contribution in [0.25, 0.3) is 0 Å². The van der Waals surface area contributed by atoms with Gasteiger partial charge in [-0.2, -0.15) is 0 Å². The Morgan fingerprint density at radius 2 is 1.63 bits per heavy atom. The van der Waals surface area contributed by atoms with Gasteiger partial charge in [-0.05, 0) is 35.9 Å². The third-order valence-electron chi connectivity index (χ3n) is 3.84. The van der Waals surface area contributed by atoms with E-state index in [0.717, 1.165) is 16.7 Å². The highest BCUT2D eigenvalue weighted by Crippen LogP contribution is 2.20. The Morgan fingerprint density at radius 3 is 2.22 bits per heavy atom. The summed E-state index contributed by atoms with van der Waals surface area (Å²) in [7, 11) is -0.178. The van der Waals surface area contributed by atoms with E-state index in [0.29, 0.717) is 29.1 Å². The predicted molar refractivity (Wildman–Crippen MR) is 112 cm³/mol. The van der Waals surface area contributed by atoms with Gasteiger partial charge in [-0.15, -0.1) is 0 Å². The summed E-state index contributed by atoms with van der Waals surface area (Å²) in [6.45, 7) is 1.06. The molecule has 0 aliphatic carbocycles. The van der Waals surface area contributed by atoms with Gasteiger partial charge in [-0.3, -0.25) is 4.99 Å². The molecule has 0 aliphatic rings. The molecule has 0 bridgehead atoms. The molecule has 0 spiro atoms. The molecule has 3 N–H and O–H groups in total. The van der Waals surface area contributed by atoms with Gasteiger partial charge in [-0.25, -0.2) is 13.1 Å². The van der Waals surface area contributed by atoms with Crippen molar-refractivity contribution in [2.45, 2.75) is 18.8 Å². The molecule has 2 aromatic carbocycles. The molecule has 27 heavy (non-hydrogen) atoms. The zero-order valence-corrected chi connectivity index (χ0v) is 17.4. The monoisotopic (exact) mass is 428 g/mol. The van der Waals surface area contributed by atoms with Gasteiger partial charge in [-0.1, -0.05) is 53.5 Å². The van der Waals surface area contributed by atoms with Crippen molar-refractivity contribution in [1.82, 2.24) is 15.4 Å². The van der Waals surface area contributed by atoms with Gasteiger partial charge in [0.05, 0.1) is 5.75 Å². The lowest BCUT2D eigenvalue weighted by Crippen LogP contribution is -2.36. The maximum Gasteiger partial charge on any atom is 0.215 e. The third kappa shape index (κ3) is 7.03. The first-order valence-corrected chi connectivity index (χ1v) is 10.6. The molecule has 0 saturated carbocycles. The van der Waals surface area contributed by atoms with Crippen LogP contribution in [0.3, 0.4) is 0 Å². The van der Waals surface area contributed by atoms with Crippen molar-refractivity contribution < 1.29 is 8.42 Å². The maximum absolute atomic E-state index is 11.6. The van der Waals surface area contributed by atoms with Gasteiger partial charge in [0.25, 0.3) is 0 Å². The largest absolute Gasteiger partial charge is 0.352 e. The second kappa shape index (κ2) is 9.94. The summed E-state index contributed by atoms with van der Waals surface area (Å²) in [6, 6.07) is 12.7. The molecule has 0 aliphatic heterocycles. The van der Waals surface area contributed by atoms with E-state index < -0.39 is 10.0 Å². The zero-order valence-electron chi connectivity index (χ0n) is 15.1. The normalized spacial score (nSPS) is 12.1. The lowest BCUT2D eigenvalue weighted by molar-refractivity contribution is 0.587. The zero-order chi connectivity index (χ0) is 19.9. The quantitative estimate of drug-likeness (QED) is 0.467. The first-order chi connectivity index (χ1) is 12.8. The number of nitrogens with zero attached hydrogens (tertiary/aromatic N) is 1. The Labute approximate surface area is 170 Å². The number of aliphatic imine (C=N–C) groups is 1. The van der Waals surface area contributed by atoms with E-state index in [1.54, 1.807) is 31.3 Å². The Morgan fingerprint density at radius 1 is 1.00 bits per heavy atom. The standard InChI is InChI=1S/C18H22Cl2N4O2S/c1-21-18(24-11-15-7-8-16(19)9-17(15)20)23-10-13-3-5-14(6-4-13)12-27(25,26)22-2/h3-9,22H,10-12H2,1-2H3,(H2,21,23,24). The van der Waals surface area contributed by atoms with E-state index in [-0.39, 0.29) is 5.75 Å². The van der Waals surface area contributed by atoms with Crippen LogP contribution in [0.1, 0.15) is 16.7 Å². The molecule has 146 valence electrons. The molecule has 0 radical (unpaired) electrons. The smallest absolute Gasteiger partial charge is 0.215 e. The summed E-state index contributed by atoms with van der Waals surface area (Å²) in [5.41, 5.74) is 2.65. The van der Waals surface area contributed by atoms with Crippen LogP contribution in [0, 0.1) is 0 Å². The van der Waals surface area contributed by atoms with E-state index in [1.165, 1.54) is 7.05 Å².